The molecule has 8 N–H and O–H groups in total. The van der Waals surface area contributed by atoms with Crippen molar-refractivity contribution in [1.82, 2.24) is 10.6 Å². The Labute approximate surface area is 206 Å². The van der Waals surface area contributed by atoms with Gasteiger partial charge in [0.25, 0.3) is 0 Å². The Balaban J connectivity index is 2.03. The molecule has 0 unspecified atom stereocenters. The Hall–Kier alpha value is -4.42. The molecule has 2 aromatic rings. The van der Waals surface area contributed by atoms with Gasteiger partial charge >= 0.3 is 11.6 Å². The molecule has 0 aliphatic rings. The summed E-state index contributed by atoms with van der Waals surface area (Å²) in [4.78, 5) is 63.2. The van der Waals surface area contributed by atoms with Crippen LogP contribution in [-0.4, -0.2) is 53.9 Å². The number of anilines is 1. The van der Waals surface area contributed by atoms with Crippen LogP contribution in [0.1, 0.15) is 37.7 Å². The van der Waals surface area contributed by atoms with Crippen molar-refractivity contribution in [1.29, 1.82) is 0 Å². The van der Waals surface area contributed by atoms with Gasteiger partial charge in [-0.25, -0.2) is 4.79 Å². The average molecular weight is 503 g/mol. The van der Waals surface area contributed by atoms with Gasteiger partial charge in [-0.2, -0.15) is 0 Å². The molecular formula is C23H30N6O7. The molecule has 1 heterocycles. The van der Waals surface area contributed by atoms with E-state index in [4.69, 9.17) is 21.0 Å². The zero-order valence-corrected chi connectivity index (χ0v) is 19.8. The molecule has 1 aromatic carbocycles. The fraction of sp³-hybridized carbons (Fsp3) is 0.391. The fourth-order valence-electron chi connectivity index (χ4n) is 3.32. The van der Waals surface area contributed by atoms with Gasteiger partial charge in [-0.1, -0.05) is 0 Å². The lowest BCUT2D eigenvalue weighted by atomic mass is 10.1. The number of carboxylic acid groups (broad SMARTS) is 1. The van der Waals surface area contributed by atoms with Crippen LogP contribution in [0.4, 0.5) is 5.69 Å². The van der Waals surface area contributed by atoms with Crippen molar-refractivity contribution in [2.24, 2.45) is 16.5 Å². The number of aliphatic imine (C=N–C) groups is 1. The number of carbonyl (C=O) groups is 4. The molecule has 13 nitrogen and oxygen atoms in total. The van der Waals surface area contributed by atoms with E-state index in [-0.39, 0.29) is 44.7 Å². The SMILES string of the molecule is Cc1cc(=O)oc2cc(NC(=O)[C@@H](CCCN=C(N)N)NC(=O)CNC(=O)CCCC(=O)O)ccc12. The molecule has 0 spiro atoms. The minimum Gasteiger partial charge on any atom is -0.481 e. The number of nitrogens with one attached hydrogen (secondary N) is 3. The molecule has 0 aliphatic carbocycles. The van der Waals surface area contributed by atoms with E-state index >= 15 is 0 Å². The first-order valence-corrected chi connectivity index (χ1v) is 11.2. The second-order valence-corrected chi connectivity index (χ2v) is 8.04. The van der Waals surface area contributed by atoms with Gasteiger partial charge in [-0.05, 0) is 43.9 Å². The minimum absolute atomic E-state index is 0.0421. The van der Waals surface area contributed by atoms with Crippen molar-refractivity contribution in [3.05, 3.63) is 40.2 Å². The number of carboxylic acids is 1. The van der Waals surface area contributed by atoms with Crippen LogP contribution >= 0.6 is 0 Å². The van der Waals surface area contributed by atoms with E-state index < -0.39 is 35.4 Å². The second-order valence-electron chi connectivity index (χ2n) is 8.04. The molecule has 194 valence electrons. The monoisotopic (exact) mass is 502 g/mol. The van der Waals surface area contributed by atoms with E-state index in [2.05, 4.69) is 20.9 Å². The fourth-order valence-corrected chi connectivity index (χ4v) is 3.32. The molecular weight excluding hydrogens is 472 g/mol. The molecule has 1 aromatic heterocycles. The summed E-state index contributed by atoms with van der Waals surface area (Å²) in [6, 6.07) is 5.25. The van der Waals surface area contributed by atoms with Gasteiger partial charge in [0.1, 0.15) is 11.6 Å². The van der Waals surface area contributed by atoms with Gasteiger partial charge in [0.05, 0.1) is 6.54 Å². The minimum atomic E-state index is -1.01. The molecule has 0 saturated carbocycles. The maximum atomic E-state index is 12.9. The number of guanidine groups is 1. The lowest BCUT2D eigenvalue weighted by Gasteiger charge is -2.19. The second kappa shape index (κ2) is 13.5. The number of nitrogens with zero attached hydrogens (tertiary/aromatic N) is 1. The van der Waals surface area contributed by atoms with Gasteiger partial charge in [0.2, 0.25) is 17.7 Å². The van der Waals surface area contributed by atoms with E-state index in [0.29, 0.717) is 23.1 Å². The third-order valence-corrected chi connectivity index (χ3v) is 5.06. The molecule has 0 fully saturated rings. The smallest absolute Gasteiger partial charge is 0.336 e. The van der Waals surface area contributed by atoms with E-state index in [0.717, 1.165) is 5.56 Å². The predicted molar refractivity (Wildman–Crippen MR) is 132 cm³/mol. The number of carbonyl (C=O) groups excluding carboxylic acids is 3. The summed E-state index contributed by atoms with van der Waals surface area (Å²) in [5.41, 5.74) is 11.5. The third kappa shape index (κ3) is 9.44. The number of rotatable bonds is 13. The highest BCUT2D eigenvalue weighted by molar-refractivity contribution is 5.99. The lowest BCUT2D eigenvalue weighted by Crippen LogP contribution is -2.47. The highest BCUT2D eigenvalue weighted by Crippen LogP contribution is 2.21. The highest BCUT2D eigenvalue weighted by atomic mass is 16.4. The van der Waals surface area contributed by atoms with Crippen molar-refractivity contribution in [3.8, 4) is 0 Å². The summed E-state index contributed by atoms with van der Waals surface area (Å²) >= 11 is 0. The number of amides is 3. The van der Waals surface area contributed by atoms with Crippen LogP contribution < -0.4 is 33.0 Å². The highest BCUT2D eigenvalue weighted by Gasteiger charge is 2.21. The summed E-state index contributed by atoms with van der Waals surface area (Å²) < 4.78 is 5.20. The number of hydrogen-bond donors (Lipinski definition) is 6. The van der Waals surface area contributed by atoms with Crippen LogP contribution in [0.2, 0.25) is 0 Å². The molecule has 1 atom stereocenters. The van der Waals surface area contributed by atoms with Gasteiger partial charge in [-0.15, -0.1) is 0 Å². The zero-order chi connectivity index (χ0) is 26.7. The van der Waals surface area contributed by atoms with E-state index in [1.807, 2.05) is 0 Å². The number of benzene rings is 1. The van der Waals surface area contributed by atoms with Crippen molar-refractivity contribution in [2.75, 3.05) is 18.4 Å². The lowest BCUT2D eigenvalue weighted by molar-refractivity contribution is -0.137. The maximum absolute atomic E-state index is 12.9. The normalized spacial score (nSPS) is 11.4. The van der Waals surface area contributed by atoms with Crippen LogP contribution in [0.25, 0.3) is 11.0 Å². The molecule has 0 aliphatic heterocycles. The molecule has 2 rings (SSSR count). The number of nitrogens with two attached hydrogens (primary N) is 2. The van der Waals surface area contributed by atoms with E-state index in [1.54, 1.807) is 19.1 Å². The average Bonchev–Trinajstić information content (AvgIpc) is 2.78. The van der Waals surface area contributed by atoms with Crippen molar-refractivity contribution >= 4 is 46.3 Å². The number of fused-ring (bicyclic) bond motifs is 1. The first-order chi connectivity index (χ1) is 17.0. The summed E-state index contributed by atoms with van der Waals surface area (Å²) in [5.74, 6) is -2.73. The molecule has 13 heteroatoms. The van der Waals surface area contributed by atoms with Crippen LogP contribution in [0, 0.1) is 6.92 Å². The quantitative estimate of drug-likeness (QED) is 0.0934. The largest absolute Gasteiger partial charge is 0.481 e. The Bertz CT molecular complexity index is 1200. The van der Waals surface area contributed by atoms with Crippen LogP contribution in [0.15, 0.2) is 38.5 Å². The van der Waals surface area contributed by atoms with Crippen molar-refractivity contribution in [3.63, 3.8) is 0 Å². The molecule has 36 heavy (non-hydrogen) atoms. The van der Waals surface area contributed by atoms with E-state index in [9.17, 15) is 24.0 Å². The molecule has 3 amide bonds. The Morgan fingerprint density at radius 3 is 2.53 bits per heavy atom. The van der Waals surface area contributed by atoms with Crippen molar-refractivity contribution in [2.45, 2.75) is 45.1 Å². The molecule has 0 bridgehead atoms. The zero-order valence-electron chi connectivity index (χ0n) is 19.8. The summed E-state index contributed by atoms with van der Waals surface area (Å²) in [6.45, 7) is 1.62. The predicted octanol–water partition coefficient (Wildman–Crippen LogP) is -0.0506. The number of aryl methyl sites for hydroxylation is 1. The third-order valence-electron chi connectivity index (χ3n) is 5.06. The van der Waals surface area contributed by atoms with Crippen LogP contribution in [-0.2, 0) is 19.2 Å². The van der Waals surface area contributed by atoms with Crippen molar-refractivity contribution < 1.29 is 28.7 Å². The molecule has 0 saturated heterocycles. The standard InChI is InChI=1S/C23H30N6O7/c1-13-10-21(34)36-17-11-14(7-8-15(13)17)28-22(35)16(4-3-9-26-23(24)25)29-19(31)12-27-18(30)5-2-6-20(32)33/h7-8,10-11,16H,2-6,9,12H2,1H3,(H,27,30)(H,28,35)(H,29,31)(H,32,33)(H4,24,25,26)/t16-/m1/s1. The Morgan fingerprint density at radius 1 is 1.08 bits per heavy atom. The van der Waals surface area contributed by atoms with Crippen LogP contribution in [0.5, 0.6) is 0 Å². The summed E-state index contributed by atoms with van der Waals surface area (Å²) in [6.07, 6.45) is 0.519. The van der Waals surface area contributed by atoms with E-state index in [1.165, 1.54) is 12.1 Å². The van der Waals surface area contributed by atoms with Gasteiger partial charge in [-0.3, -0.25) is 24.2 Å². The van der Waals surface area contributed by atoms with Gasteiger partial charge < -0.3 is 36.9 Å². The van der Waals surface area contributed by atoms with Gasteiger partial charge in [0.15, 0.2) is 5.96 Å². The topological polar surface area (TPSA) is 219 Å². The summed E-state index contributed by atoms with van der Waals surface area (Å²) in [7, 11) is 0. The maximum Gasteiger partial charge on any atom is 0.336 e. The van der Waals surface area contributed by atoms with Gasteiger partial charge in [0, 0.05) is 42.6 Å². The first kappa shape index (κ1) is 27.8. The Kier molecular flexibility index (Phi) is 10.4. The first-order valence-electron chi connectivity index (χ1n) is 11.2. The molecule has 0 radical (unpaired) electrons. The number of hydrogen-bond acceptors (Lipinski definition) is 7. The summed E-state index contributed by atoms with van der Waals surface area (Å²) in [5, 5.41) is 17.0. The van der Waals surface area contributed by atoms with Crippen LogP contribution in [0.3, 0.4) is 0 Å². The Morgan fingerprint density at radius 2 is 1.83 bits per heavy atom. The number of aliphatic carboxylic acids is 1.